The van der Waals surface area contributed by atoms with E-state index < -0.39 is 11.6 Å². The fraction of sp³-hybridized carbons (Fsp3) is 0.429. The Morgan fingerprint density at radius 2 is 1.86 bits per heavy atom. The molecule has 0 aliphatic carbocycles. The third-order valence-electron chi connectivity index (χ3n) is 3.96. The summed E-state index contributed by atoms with van der Waals surface area (Å²) in [6.45, 7) is 3.23. The van der Waals surface area contributed by atoms with Gasteiger partial charge < -0.3 is 15.2 Å². The molecule has 2 heterocycles. The van der Waals surface area contributed by atoms with Crippen LogP contribution in [0.25, 0.3) is 11.0 Å². The maximum absolute atomic E-state index is 14.1. The van der Waals surface area contributed by atoms with E-state index >= 15 is 0 Å². The molecular formula is C14H18F2N6. The van der Waals surface area contributed by atoms with Gasteiger partial charge in [-0.25, -0.2) is 18.4 Å². The van der Waals surface area contributed by atoms with Crippen LogP contribution >= 0.6 is 0 Å². The summed E-state index contributed by atoms with van der Waals surface area (Å²) in [7, 11) is 3.61. The summed E-state index contributed by atoms with van der Waals surface area (Å²) < 4.78 is 28.8. The van der Waals surface area contributed by atoms with E-state index in [1.165, 1.54) is 10.7 Å². The van der Waals surface area contributed by atoms with E-state index in [0.717, 1.165) is 32.2 Å². The summed E-state index contributed by atoms with van der Waals surface area (Å²) in [5.74, 6) is -1.48. The Morgan fingerprint density at radius 1 is 1.18 bits per heavy atom. The summed E-state index contributed by atoms with van der Waals surface area (Å²) in [6.07, 6.45) is 0. The highest BCUT2D eigenvalue weighted by molar-refractivity contribution is 5.77. The Kier molecular flexibility index (Phi) is 3.69. The number of fused-ring (bicyclic) bond motifs is 1. The number of hydrogen-bond acceptors (Lipinski definition) is 5. The lowest BCUT2D eigenvalue weighted by molar-refractivity contribution is 0.311. The van der Waals surface area contributed by atoms with E-state index in [1.54, 1.807) is 7.05 Å². The number of piperazine rings is 1. The van der Waals surface area contributed by atoms with Gasteiger partial charge in [-0.2, -0.15) is 0 Å². The molecular weight excluding hydrogens is 290 g/mol. The average molecular weight is 308 g/mol. The molecule has 1 aliphatic rings. The first-order chi connectivity index (χ1) is 10.5. The fourth-order valence-corrected chi connectivity index (χ4v) is 2.67. The quantitative estimate of drug-likeness (QED) is 0.858. The van der Waals surface area contributed by atoms with E-state index in [9.17, 15) is 8.78 Å². The van der Waals surface area contributed by atoms with Crippen LogP contribution in [0, 0.1) is 17.0 Å². The van der Waals surface area contributed by atoms with Gasteiger partial charge in [-0.3, -0.25) is 5.41 Å². The highest BCUT2D eigenvalue weighted by Gasteiger charge is 2.21. The Labute approximate surface area is 126 Å². The van der Waals surface area contributed by atoms with Gasteiger partial charge >= 0.3 is 0 Å². The second-order valence-electron chi connectivity index (χ2n) is 5.36. The normalized spacial score (nSPS) is 16.3. The zero-order valence-corrected chi connectivity index (χ0v) is 12.5. The Hall–Kier alpha value is -2.22. The molecule has 22 heavy (non-hydrogen) atoms. The van der Waals surface area contributed by atoms with Crippen molar-refractivity contribution in [1.82, 2.24) is 14.6 Å². The lowest BCUT2D eigenvalue weighted by Crippen LogP contribution is -2.47. The first kappa shape index (κ1) is 14.7. The molecule has 1 aromatic carbocycles. The van der Waals surface area contributed by atoms with Crippen LogP contribution in [0.15, 0.2) is 12.1 Å². The number of nitrogens with zero attached hydrogens (tertiary/aromatic N) is 4. The van der Waals surface area contributed by atoms with Crippen molar-refractivity contribution in [3.63, 3.8) is 0 Å². The van der Waals surface area contributed by atoms with Gasteiger partial charge in [0.05, 0.1) is 5.52 Å². The van der Waals surface area contributed by atoms with Gasteiger partial charge in [0.25, 0.3) is 0 Å². The second kappa shape index (κ2) is 5.53. The molecule has 1 aromatic heterocycles. The van der Waals surface area contributed by atoms with Gasteiger partial charge in [-0.15, -0.1) is 0 Å². The maximum atomic E-state index is 14.1. The SMILES string of the molecule is CNn1c(=N)c(N2CCN(C)CC2)nc2ccc(F)c(F)c21. The minimum absolute atomic E-state index is 0.0176. The van der Waals surface area contributed by atoms with Crippen LogP contribution in [-0.2, 0) is 0 Å². The highest BCUT2D eigenvalue weighted by Crippen LogP contribution is 2.19. The van der Waals surface area contributed by atoms with E-state index in [0.29, 0.717) is 11.3 Å². The minimum Gasteiger partial charge on any atom is -0.351 e. The largest absolute Gasteiger partial charge is 0.351 e. The van der Waals surface area contributed by atoms with Gasteiger partial charge in [-0.1, -0.05) is 0 Å². The minimum atomic E-state index is -1.00. The van der Waals surface area contributed by atoms with Gasteiger partial charge in [0, 0.05) is 33.2 Å². The van der Waals surface area contributed by atoms with Gasteiger partial charge in [0.1, 0.15) is 5.52 Å². The predicted molar refractivity (Wildman–Crippen MR) is 80.5 cm³/mol. The van der Waals surface area contributed by atoms with Crippen molar-refractivity contribution in [2.45, 2.75) is 0 Å². The molecule has 0 radical (unpaired) electrons. The zero-order valence-electron chi connectivity index (χ0n) is 12.5. The number of likely N-dealkylation sites (N-methyl/N-ethyl adjacent to an activating group) is 1. The van der Waals surface area contributed by atoms with Gasteiger partial charge in [-0.05, 0) is 19.2 Å². The molecule has 1 saturated heterocycles. The maximum Gasteiger partial charge on any atom is 0.187 e. The van der Waals surface area contributed by atoms with Crippen LogP contribution in [0.1, 0.15) is 0 Å². The number of benzene rings is 1. The Bertz CT molecular complexity index is 764. The topological polar surface area (TPSA) is 60.2 Å². The molecule has 1 fully saturated rings. The van der Waals surface area contributed by atoms with E-state index in [1.807, 2.05) is 11.9 Å². The average Bonchev–Trinajstić information content (AvgIpc) is 2.52. The molecule has 0 atom stereocenters. The number of hydrogen-bond donors (Lipinski definition) is 2. The predicted octanol–water partition coefficient (Wildman–Crippen LogP) is 0.719. The van der Waals surface area contributed by atoms with Crippen LogP contribution in [0.4, 0.5) is 14.6 Å². The van der Waals surface area contributed by atoms with Gasteiger partial charge in [0.2, 0.25) is 0 Å². The summed E-state index contributed by atoms with van der Waals surface area (Å²) >= 11 is 0. The summed E-state index contributed by atoms with van der Waals surface area (Å²) in [5.41, 5.74) is 3.02. The molecule has 1 aliphatic heterocycles. The van der Waals surface area contributed by atoms with Crippen molar-refractivity contribution >= 4 is 16.9 Å². The number of nitrogens with one attached hydrogen (secondary N) is 2. The van der Waals surface area contributed by atoms with Crippen LogP contribution in [-0.4, -0.2) is 54.8 Å². The molecule has 0 spiro atoms. The number of rotatable bonds is 2. The Morgan fingerprint density at radius 3 is 2.50 bits per heavy atom. The molecule has 0 unspecified atom stereocenters. The highest BCUT2D eigenvalue weighted by atomic mass is 19.2. The third kappa shape index (κ3) is 2.29. The molecule has 3 rings (SSSR count). The molecule has 0 amide bonds. The van der Waals surface area contributed by atoms with Crippen LogP contribution in [0.3, 0.4) is 0 Å². The van der Waals surface area contributed by atoms with E-state index in [2.05, 4.69) is 15.3 Å². The number of aromatic nitrogens is 2. The van der Waals surface area contributed by atoms with Gasteiger partial charge in [0.15, 0.2) is 22.9 Å². The van der Waals surface area contributed by atoms with Crippen LogP contribution in [0.5, 0.6) is 0 Å². The van der Waals surface area contributed by atoms with Crippen molar-refractivity contribution in [3.05, 3.63) is 29.3 Å². The monoisotopic (exact) mass is 308 g/mol. The van der Waals surface area contributed by atoms with E-state index in [-0.39, 0.29) is 11.0 Å². The molecule has 8 heteroatoms. The van der Waals surface area contributed by atoms with Crippen molar-refractivity contribution in [2.75, 3.05) is 50.6 Å². The summed E-state index contributed by atoms with van der Waals surface area (Å²) in [6, 6.07) is 2.49. The summed E-state index contributed by atoms with van der Waals surface area (Å²) in [5, 5.41) is 8.28. The smallest absolute Gasteiger partial charge is 0.187 e. The van der Waals surface area contributed by atoms with Crippen molar-refractivity contribution in [2.24, 2.45) is 0 Å². The standard InChI is InChI=1S/C14H18F2N6/c1-18-22-12-10(4-3-9(15)11(12)16)19-14(13(22)17)21-7-5-20(2)6-8-21/h3-4,17-18H,5-8H2,1-2H3. The molecule has 0 bridgehead atoms. The first-order valence-electron chi connectivity index (χ1n) is 7.09. The number of halogens is 2. The van der Waals surface area contributed by atoms with Crippen LogP contribution in [0.2, 0.25) is 0 Å². The summed E-state index contributed by atoms with van der Waals surface area (Å²) in [4.78, 5) is 8.58. The van der Waals surface area contributed by atoms with E-state index in [4.69, 9.17) is 5.41 Å². The van der Waals surface area contributed by atoms with Crippen molar-refractivity contribution in [1.29, 1.82) is 5.41 Å². The lowest BCUT2D eigenvalue weighted by Gasteiger charge is -2.33. The second-order valence-corrected chi connectivity index (χ2v) is 5.36. The molecule has 0 saturated carbocycles. The first-order valence-corrected chi connectivity index (χ1v) is 7.09. The molecule has 6 nitrogen and oxygen atoms in total. The fourth-order valence-electron chi connectivity index (χ4n) is 2.67. The third-order valence-corrected chi connectivity index (χ3v) is 3.96. The van der Waals surface area contributed by atoms with Crippen molar-refractivity contribution < 1.29 is 8.78 Å². The Balaban J connectivity index is 2.19. The molecule has 2 aromatic rings. The van der Waals surface area contributed by atoms with Crippen molar-refractivity contribution in [3.8, 4) is 0 Å². The lowest BCUT2D eigenvalue weighted by atomic mass is 10.2. The zero-order chi connectivity index (χ0) is 15.9. The molecule has 2 N–H and O–H groups in total. The number of anilines is 1. The molecule has 118 valence electrons. The van der Waals surface area contributed by atoms with Crippen LogP contribution < -0.4 is 15.8 Å².